The Labute approximate surface area is 215 Å². The number of nitrogen functional groups attached to an aromatic ring is 1. The number of carbonyl (C=O) groups excluding carboxylic acids is 3. The molecule has 3 rings (SSSR count). The Morgan fingerprint density at radius 3 is 2.38 bits per heavy atom. The summed E-state index contributed by atoms with van der Waals surface area (Å²) >= 11 is 0. The number of esters is 1. The SMILES string of the molecule is CCOC(=O)C(CNC(=O)CN1CCN(c2ccc(C(=N)N)cc2)CC1=O)NS(=O)(=O)c1ccccc1. The molecule has 1 fully saturated rings. The van der Waals surface area contributed by atoms with Crippen LogP contribution in [0.2, 0.25) is 0 Å². The third-order valence-corrected chi connectivity index (χ3v) is 7.11. The highest BCUT2D eigenvalue weighted by Gasteiger charge is 2.29. The third kappa shape index (κ3) is 7.51. The standard InChI is InChI=1S/C24H30N6O6S/c1-2-36-24(33)20(28-37(34,35)19-6-4-3-5-7-19)14-27-21(31)15-30-13-12-29(16-22(30)32)18-10-8-17(9-11-18)23(25)26/h3-11,20,28H,2,12-16H2,1H3,(H3,25,26)(H,27,31). The van der Waals surface area contributed by atoms with Crippen LogP contribution in [-0.4, -0.2) is 82.3 Å². The van der Waals surface area contributed by atoms with Crippen LogP contribution in [-0.2, 0) is 29.1 Å². The Hall–Kier alpha value is -3.97. The van der Waals surface area contributed by atoms with E-state index in [1.807, 2.05) is 4.90 Å². The molecule has 0 bridgehead atoms. The van der Waals surface area contributed by atoms with Gasteiger partial charge in [-0.25, -0.2) is 8.42 Å². The van der Waals surface area contributed by atoms with Crippen LogP contribution in [0, 0.1) is 5.41 Å². The Balaban J connectivity index is 1.55. The first-order valence-electron chi connectivity index (χ1n) is 11.6. The van der Waals surface area contributed by atoms with Crippen molar-refractivity contribution in [3.8, 4) is 0 Å². The summed E-state index contributed by atoms with van der Waals surface area (Å²) in [4.78, 5) is 40.8. The number of nitrogens with two attached hydrogens (primary N) is 1. The quantitative estimate of drug-likeness (QED) is 0.173. The van der Waals surface area contributed by atoms with Crippen molar-refractivity contribution in [2.24, 2.45) is 5.73 Å². The van der Waals surface area contributed by atoms with Gasteiger partial charge in [0, 0.05) is 30.9 Å². The maximum atomic E-state index is 12.6. The zero-order valence-electron chi connectivity index (χ0n) is 20.3. The zero-order valence-corrected chi connectivity index (χ0v) is 21.2. The van der Waals surface area contributed by atoms with Crippen LogP contribution in [0.5, 0.6) is 0 Å². The monoisotopic (exact) mass is 530 g/mol. The molecule has 12 nitrogen and oxygen atoms in total. The van der Waals surface area contributed by atoms with Crippen molar-refractivity contribution in [1.29, 1.82) is 5.41 Å². The van der Waals surface area contributed by atoms with Crippen molar-refractivity contribution < 1.29 is 27.5 Å². The van der Waals surface area contributed by atoms with Crippen molar-refractivity contribution in [2.45, 2.75) is 17.9 Å². The van der Waals surface area contributed by atoms with Crippen LogP contribution in [0.1, 0.15) is 12.5 Å². The fourth-order valence-corrected chi connectivity index (χ4v) is 4.87. The fourth-order valence-electron chi connectivity index (χ4n) is 3.66. The molecular weight excluding hydrogens is 500 g/mol. The number of benzene rings is 2. The second-order valence-corrected chi connectivity index (χ2v) is 9.95. The summed E-state index contributed by atoms with van der Waals surface area (Å²) in [6, 6.07) is 13.1. The minimum atomic E-state index is -4.04. The van der Waals surface area contributed by atoms with Crippen molar-refractivity contribution in [3.05, 3.63) is 60.2 Å². The molecule has 0 saturated carbocycles. The molecule has 1 atom stereocenters. The van der Waals surface area contributed by atoms with Gasteiger partial charge in [0.1, 0.15) is 11.9 Å². The summed E-state index contributed by atoms with van der Waals surface area (Å²) < 4.78 is 32.5. The molecule has 0 spiro atoms. The Bertz CT molecular complexity index is 1240. The van der Waals surface area contributed by atoms with Crippen LogP contribution in [0.3, 0.4) is 0 Å². The molecule has 1 aliphatic heterocycles. The molecular formula is C24H30N6O6S. The number of hydrogen-bond donors (Lipinski definition) is 4. The number of amidine groups is 1. The number of carbonyl (C=O) groups is 3. The van der Waals surface area contributed by atoms with E-state index in [-0.39, 0.29) is 42.9 Å². The van der Waals surface area contributed by atoms with Gasteiger partial charge >= 0.3 is 5.97 Å². The summed E-state index contributed by atoms with van der Waals surface area (Å²) in [7, 11) is -4.04. The van der Waals surface area contributed by atoms with Gasteiger partial charge in [-0.3, -0.25) is 19.8 Å². The lowest BCUT2D eigenvalue weighted by Crippen LogP contribution is -2.54. The van der Waals surface area contributed by atoms with Gasteiger partial charge < -0.3 is 25.6 Å². The molecule has 13 heteroatoms. The van der Waals surface area contributed by atoms with Crippen molar-refractivity contribution in [1.82, 2.24) is 14.9 Å². The number of sulfonamides is 1. The summed E-state index contributed by atoms with van der Waals surface area (Å²) in [5, 5.41) is 9.98. The topological polar surface area (TPSA) is 175 Å². The fraction of sp³-hybridized carbons (Fsp3) is 0.333. The highest BCUT2D eigenvalue weighted by Crippen LogP contribution is 2.18. The first kappa shape index (κ1) is 27.6. The number of nitrogens with one attached hydrogen (secondary N) is 3. The maximum Gasteiger partial charge on any atom is 0.326 e. The highest BCUT2D eigenvalue weighted by molar-refractivity contribution is 7.89. The minimum absolute atomic E-state index is 0.0324. The van der Waals surface area contributed by atoms with E-state index in [1.54, 1.807) is 49.4 Å². The molecule has 0 radical (unpaired) electrons. The largest absolute Gasteiger partial charge is 0.465 e. The van der Waals surface area contributed by atoms with Gasteiger partial charge in [0.05, 0.1) is 24.6 Å². The number of amides is 2. The predicted molar refractivity (Wildman–Crippen MR) is 136 cm³/mol. The van der Waals surface area contributed by atoms with Gasteiger partial charge in [0.25, 0.3) is 0 Å². The Kier molecular flexibility index (Phi) is 9.20. The van der Waals surface area contributed by atoms with Crippen LogP contribution in [0.15, 0.2) is 59.5 Å². The Morgan fingerprint density at radius 1 is 1.11 bits per heavy atom. The summed E-state index contributed by atoms with van der Waals surface area (Å²) in [5.41, 5.74) is 6.85. The third-order valence-electron chi connectivity index (χ3n) is 5.62. The van der Waals surface area contributed by atoms with Crippen LogP contribution in [0.25, 0.3) is 0 Å². The minimum Gasteiger partial charge on any atom is -0.465 e. The normalized spacial score (nSPS) is 14.7. The lowest BCUT2D eigenvalue weighted by atomic mass is 10.1. The molecule has 2 aromatic carbocycles. The van der Waals surface area contributed by atoms with Crippen LogP contribution in [0.4, 0.5) is 5.69 Å². The lowest BCUT2D eigenvalue weighted by Gasteiger charge is -2.35. The summed E-state index contributed by atoms with van der Waals surface area (Å²) in [5.74, 6) is -1.68. The highest BCUT2D eigenvalue weighted by atomic mass is 32.2. The van der Waals surface area contributed by atoms with Gasteiger partial charge in [-0.05, 0) is 43.3 Å². The molecule has 1 unspecified atom stereocenters. The number of anilines is 1. The molecule has 0 aromatic heterocycles. The van der Waals surface area contributed by atoms with E-state index in [0.29, 0.717) is 18.7 Å². The average Bonchev–Trinajstić information content (AvgIpc) is 2.88. The van der Waals surface area contributed by atoms with Crippen LogP contribution < -0.4 is 20.7 Å². The van der Waals surface area contributed by atoms with E-state index in [1.165, 1.54) is 17.0 Å². The van der Waals surface area contributed by atoms with E-state index >= 15 is 0 Å². The van der Waals surface area contributed by atoms with Gasteiger partial charge in [-0.15, -0.1) is 0 Å². The van der Waals surface area contributed by atoms with Crippen molar-refractivity contribution >= 4 is 39.3 Å². The van der Waals surface area contributed by atoms with Crippen LogP contribution >= 0.6 is 0 Å². The maximum absolute atomic E-state index is 12.6. The lowest BCUT2D eigenvalue weighted by molar-refractivity contribution is -0.145. The van der Waals surface area contributed by atoms with Crippen molar-refractivity contribution in [2.75, 3.05) is 44.2 Å². The van der Waals surface area contributed by atoms with Gasteiger partial charge in [-0.1, -0.05) is 18.2 Å². The van der Waals surface area contributed by atoms with E-state index in [4.69, 9.17) is 15.9 Å². The number of hydrogen-bond acceptors (Lipinski definition) is 8. The van der Waals surface area contributed by atoms with Gasteiger partial charge in [-0.2, -0.15) is 4.72 Å². The predicted octanol–water partition coefficient (Wildman–Crippen LogP) is -0.354. The first-order valence-corrected chi connectivity index (χ1v) is 13.1. The molecule has 1 aliphatic rings. The Morgan fingerprint density at radius 2 is 1.78 bits per heavy atom. The van der Waals surface area contributed by atoms with Gasteiger partial charge in [0.2, 0.25) is 21.8 Å². The van der Waals surface area contributed by atoms with E-state index in [2.05, 4.69) is 10.0 Å². The molecule has 5 N–H and O–H groups in total. The molecule has 2 amide bonds. The first-order chi connectivity index (χ1) is 17.6. The molecule has 1 heterocycles. The zero-order chi connectivity index (χ0) is 27.0. The van der Waals surface area contributed by atoms with Crippen molar-refractivity contribution in [3.63, 3.8) is 0 Å². The average molecular weight is 531 g/mol. The number of rotatable bonds is 11. The molecule has 198 valence electrons. The molecule has 37 heavy (non-hydrogen) atoms. The smallest absolute Gasteiger partial charge is 0.326 e. The number of piperazine rings is 1. The van der Waals surface area contributed by atoms with E-state index < -0.39 is 27.9 Å². The van der Waals surface area contributed by atoms with Gasteiger partial charge in [0.15, 0.2) is 0 Å². The van der Waals surface area contributed by atoms with E-state index in [9.17, 15) is 22.8 Å². The number of ether oxygens (including phenoxy) is 1. The summed E-state index contributed by atoms with van der Waals surface area (Å²) in [6.45, 7) is 1.88. The second kappa shape index (κ2) is 12.3. The molecule has 0 aliphatic carbocycles. The molecule has 2 aromatic rings. The second-order valence-electron chi connectivity index (χ2n) is 8.24. The summed E-state index contributed by atoms with van der Waals surface area (Å²) in [6.07, 6.45) is 0. The number of nitrogens with zero attached hydrogens (tertiary/aromatic N) is 2. The molecule has 1 saturated heterocycles. The van der Waals surface area contributed by atoms with E-state index in [0.717, 1.165) is 5.69 Å².